The molecule has 0 unspecified atom stereocenters. The second-order valence-electron chi connectivity index (χ2n) is 5.91. The van der Waals surface area contributed by atoms with Gasteiger partial charge in [0.05, 0.1) is 13.3 Å². The van der Waals surface area contributed by atoms with Crippen LogP contribution in [0.4, 0.5) is 0 Å². The molecule has 0 fully saturated rings. The predicted molar refractivity (Wildman–Crippen MR) is 105 cm³/mol. The summed E-state index contributed by atoms with van der Waals surface area (Å²) < 4.78 is 5.11. The van der Waals surface area contributed by atoms with Crippen LogP contribution in [-0.4, -0.2) is 24.3 Å². The zero-order chi connectivity index (χ0) is 19.1. The van der Waals surface area contributed by atoms with Crippen molar-refractivity contribution < 1.29 is 14.6 Å². The number of aliphatic hydroxyl groups is 1. The van der Waals surface area contributed by atoms with Gasteiger partial charge in [-0.3, -0.25) is 4.79 Å². The second kappa shape index (κ2) is 8.29. The van der Waals surface area contributed by atoms with Crippen molar-refractivity contribution in [1.29, 1.82) is 0 Å². The van der Waals surface area contributed by atoms with E-state index in [9.17, 15) is 9.90 Å². The van der Waals surface area contributed by atoms with E-state index in [0.29, 0.717) is 11.1 Å². The van der Waals surface area contributed by atoms with Gasteiger partial charge in [0.2, 0.25) is 0 Å². The molecule has 0 saturated heterocycles. The number of rotatable bonds is 6. The van der Waals surface area contributed by atoms with Crippen molar-refractivity contribution in [2.75, 3.05) is 7.11 Å². The number of ether oxygens (including phenoxy) is 1. The first-order valence-corrected chi connectivity index (χ1v) is 8.45. The predicted octanol–water partition coefficient (Wildman–Crippen LogP) is 3.08. The van der Waals surface area contributed by atoms with Gasteiger partial charge < -0.3 is 9.84 Å². The molecule has 5 heteroatoms. The quantitative estimate of drug-likeness (QED) is 0.524. The van der Waals surface area contributed by atoms with Gasteiger partial charge in [0.15, 0.2) is 5.60 Å². The van der Waals surface area contributed by atoms with Crippen molar-refractivity contribution in [2.45, 2.75) is 5.60 Å². The molecule has 3 rings (SSSR count). The smallest absolute Gasteiger partial charge is 0.281 e. The van der Waals surface area contributed by atoms with Gasteiger partial charge in [-0.25, -0.2) is 5.43 Å². The first-order valence-electron chi connectivity index (χ1n) is 8.45. The number of hydrogen-bond acceptors (Lipinski definition) is 4. The Morgan fingerprint density at radius 3 is 1.93 bits per heavy atom. The van der Waals surface area contributed by atoms with E-state index in [1.165, 1.54) is 6.21 Å². The highest BCUT2D eigenvalue weighted by Gasteiger charge is 2.39. The summed E-state index contributed by atoms with van der Waals surface area (Å²) in [5.41, 5.74) is 2.32. The lowest BCUT2D eigenvalue weighted by molar-refractivity contribution is -0.136. The molecule has 0 radical (unpaired) electrons. The third-order valence-corrected chi connectivity index (χ3v) is 4.21. The largest absolute Gasteiger partial charge is 0.497 e. The molecule has 0 aliphatic carbocycles. The lowest BCUT2D eigenvalue weighted by atomic mass is 9.85. The van der Waals surface area contributed by atoms with Crippen LogP contribution < -0.4 is 10.2 Å². The molecule has 2 N–H and O–H groups in total. The zero-order valence-electron chi connectivity index (χ0n) is 14.9. The van der Waals surface area contributed by atoms with E-state index >= 15 is 0 Å². The first-order chi connectivity index (χ1) is 13.1. The van der Waals surface area contributed by atoms with E-state index in [1.807, 2.05) is 24.3 Å². The highest BCUT2D eigenvalue weighted by molar-refractivity contribution is 5.91. The molecule has 136 valence electrons. The molecule has 3 aromatic carbocycles. The Labute approximate surface area is 157 Å². The number of benzene rings is 3. The Hall–Kier alpha value is -3.44. The summed E-state index contributed by atoms with van der Waals surface area (Å²) in [4.78, 5) is 12.9. The monoisotopic (exact) mass is 360 g/mol. The molecular formula is C22H20N2O3. The molecule has 0 aliphatic rings. The number of nitrogens with one attached hydrogen (secondary N) is 1. The SMILES string of the molecule is COc1ccc(/C=N\NC(=O)C(O)(c2ccccc2)c2ccccc2)cc1. The Bertz CT molecular complexity index is 868. The summed E-state index contributed by atoms with van der Waals surface area (Å²) in [5, 5.41) is 15.3. The van der Waals surface area contributed by atoms with Crippen LogP contribution in [0.15, 0.2) is 90.0 Å². The minimum absolute atomic E-state index is 0.466. The van der Waals surface area contributed by atoms with Gasteiger partial charge in [-0.05, 0) is 41.0 Å². The summed E-state index contributed by atoms with van der Waals surface area (Å²) in [6, 6.07) is 24.8. The number of hydrazone groups is 1. The summed E-state index contributed by atoms with van der Waals surface area (Å²) in [6.45, 7) is 0. The number of amides is 1. The van der Waals surface area contributed by atoms with Gasteiger partial charge >= 0.3 is 0 Å². The van der Waals surface area contributed by atoms with Gasteiger partial charge in [0.25, 0.3) is 5.91 Å². The average Bonchev–Trinajstić information content (AvgIpc) is 2.74. The van der Waals surface area contributed by atoms with Crippen LogP contribution in [0.25, 0.3) is 0 Å². The van der Waals surface area contributed by atoms with Crippen LogP contribution >= 0.6 is 0 Å². The van der Waals surface area contributed by atoms with Crippen LogP contribution in [0, 0.1) is 0 Å². The molecule has 0 aromatic heterocycles. The minimum atomic E-state index is -1.85. The van der Waals surface area contributed by atoms with E-state index in [2.05, 4.69) is 10.5 Å². The summed E-state index contributed by atoms with van der Waals surface area (Å²) >= 11 is 0. The Morgan fingerprint density at radius 2 is 1.44 bits per heavy atom. The van der Waals surface area contributed by atoms with Crippen molar-refractivity contribution in [1.82, 2.24) is 5.43 Å². The van der Waals surface area contributed by atoms with E-state index in [4.69, 9.17) is 4.74 Å². The van der Waals surface area contributed by atoms with Crippen molar-refractivity contribution in [3.8, 4) is 5.75 Å². The molecule has 0 aliphatic heterocycles. The summed E-state index contributed by atoms with van der Waals surface area (Å²) in [7, 11) is 1.59. The van der Waals surface area contributed by atoms with Gasteiger partial charge in [0.1, 0.15) is 5.75 Å². The van der Waals surface area contributed by atoms with E-state index < -0.39 is 11.5 Å². The molecule has 1 amide bonds. The maximum absolute atomic E-state index is 12.9. The Kier molecular flexibility index (Phi) is 5.64. The molecule has 0 bridgehead atoms. The normalized spacial score (nSPS) is 11.3. The number of carbonyl (C=O) groups is 1. The second-order valence-corrected chi connectivity index (χ2v) is 5.91. The van der Waals surface area contributed by atoms with Gasteiger partial charge in [0, 0.05) is 0 Å². The lowest BCUT2D eigenvalue weighted by Gasteiger charge is -2.27. The van der Waals surface area contributed by atoms with Gasteiger partial charge in [-0.15, -0.1) is 0 Å². The molecule has 5 nitrogen and oxygen atoms in total. The van der Waals surface area contributed by atoms with E-state index in [-0.39, 0.29) is 0 Å². The average molecular weight is 360 g/mol. The van der Waals surface area contributed by atoms with Crippen LogP contribution in [0.2, 0.25) is 0 Å². The fourth-order valence-corrected chi connectivity index (χ4v) is 2.72. The fraction of sp³-hybridized carbons (Fsp3) is 0.0909. The molecular weight excluding hydrogens is 340 g/mol. The molecule has 0 atom stereocenters. The van der Waals surface area contributed by atoms with Crippen molar-refractivity contribution in [3.63, 3.8) is 0 Å². The minimum Gasteiger partial charge on any atom is -0.497 e. The molecule has 0 saturated carbocycles. The number of carbonyl (C=O) groups excluding carboxylic acids is 1. The highest BCUT2D eigenvalue weighted by atomic mass is 16.5. The summed E-state index contributed by atoms with van der Waals surface area (Å²) in [5.74, 6) is 0.100. The van der Waals surface area contributed by atoms with Crippen LogP contribution in [-0.2, 0) is 10.4 Å². The highest BCUT2D eigenvalue weighted by Crippen LogP contribution is 2.29. The first kappa shape index (κ1) is 18.4. The Morgan fingerprint density at radius 1 is 0.926 bits per heavy atom. The molecule has 0 heterocycles. The van der Waals surface area contributed by atoms with E-state index in [0.717, 1.165) is 11.3 Å². The van der Waals surface area contributed by atoms with Crippen LogP contribution in [0.1, 0.15) is 16.7 Å². The van der Waals surface area contributed by atoms with Crippen molar-refractivity contribution >= 4 is 12.1 Å². The zero-order valence-corrected chi connectivity index (χ0v) is 14.9. The molecule has 0 spiro atoms. The van der Waals surface area contributed by atoms with Gasteiger partial charge in [-0.2, -0.15) is 5.10 Å². The number of methoxy groups -OCH3 is 1. The third kappa shape index (κ3) is 4.04. The van der Waals surface area contributed by atoms with Crippen LogP contribution in [0.5, 0.6) is 5.75 Å². The maximum Gasteiger partial charge on any atom is 0.281 e. The van der Waals surface area contributed by atoms with Crippen LogP contribution in [0.3, 0.4) is 0 Å². The number of hydrogen-bond donors (Lipinski definition) is 2. The summed E-state index contributed by atoms with van der Waals surface area (Å²) in [6.07, 6.45) is 1.51. The Balaban J connectivity index is 1.84. The molecule has 27 heavy (non-hydrogen) atoms. The fourth-order valence-electron chi connectivity index (χ4n) is 2.72. The third-order valence-electron chi connectivity index (χ3n) is 4.21. The van der Waals surface area contributed by atoms with Crippen molar-refractivity contribution in [2.24, 2.45) is 5.10 Å². The maximum atomic E-state index is 12.9. The van der Waals surface area contributed by atoms with Gasteiger partial charge in [-0.1, -0.05) is 60.7 Å². The van der Waals surface area contributed by atoms with E-state index in [1.54, 1.807) is 67.8 Å². The van der Waals surface area contributed by atoms with Crippen molar-refractivity contribution in [3.05, 3.63) is 102 Å². The molecule has 3 aromatic rings. The lowest BCUT2D eigenvalue weighted by Crippen LogP contribution is -2.43. The standard InChI is InChI=1S/C22H20N2O3/c1-27-20-14-12-17(13-15-20)16-23-24-21(25)22(26,18-8-4-2-5-9-18)19-10-6-3-7-11-19/h2-16,26H,1H3,(H,24,25)/b23-16-. The number of nitrogens with zero attached hydrogens (tertiary/aromatic N) is 1. The topological polar surface area (TPSA) is 70.9 Å².